The molecular weight excluding hydrogens is 250 g/mol. The first-order valence-electron chi connectivity index (χ1n) is 5.50. The van der Waals surface area contributed by atoms with Crippen LogP contribution in [0.15, 0.2) is 0 Å². The number of hydrogen-bond donors (Lipinski definition) is 2. The zero-order chi connectivity index (χ0) is 11.3. The molecule has 0 aromatic heterocycles. The van der Waals surface area contributed by atoms with Crippen molar-refractivity contribution in [2.75, 3.05) is 31.9 Å². The Kier molecular flexibility index (Phi) is 7.50. The lowest BCUT2D eigenvalue weighted by Crippen LogP contribution is -2.40. The fourth-order valence-electron chi connectivity index (χ4n) is 1.90. The van der Waals surface area contributed by atoms with E-state index in [1.807, 2.05) is 0 Å². The van der Waals surface area contributed by atoms with E-state index in [1.54, 1.807) is 6.92 Å². The second kappa shape index (κ2) is 7.45. The summed E-state index contributed by atoms with van der Waals surface area (Å²) in [6, 6.07) is 0.441. The molecule has 1 aliphatic heterocycles. The van der Waals surface area contributed by atoms with Crippen molar-refractivity contribution in [2.24, 2.45) is 5.73 Å². The maximum atomic E-state index is 11.2. The zero-order valence-electron chi connectivity index (χ0n) is 9.68. The van der Waals surface area contributed by atoms with Crippen molar-refractivity contribution in [3.05, 3.63) is 0 Å². The van der Waals surface area contributed by atoms with Crippen LogP contribution in [0.2, 0.25) is 0 Å². The van der Waals surface area contributed by atoms with Gasteiger partial charge in [0.25, 0.3) is 0 Å². The molecule has 7 heteroatoms. The van der Waals surface area contributed by atoms with E-state index in [0.29, 0.717) is 19.1 Å². The Hall–Kier alpha value is 0.120. The summed E-state index contributed by atoms with van der Waals surface area (Å²) < 4.78 is 24.9. The van der Waals surface area contributed by atoms with Gasteiger partial charge in [0.05, 0.1) is 5.75 Å². The highest BCUT2D eigenvalue weighted by Crippen LogP contribution is 2.14. The number of likely N-dealkylation sites (tertiary alicyclic amines) is 1. The number of sulfonamides is 1. The van der Waals surface area contributed by atoms with E-state index in [-0.39, 0.29) is 18.2 Å². The highest BCUT2D eigenvalue weighted by molar-refractivity contribution is 7.89. The molecule has 1 unspecified atom stereocenters. The molecule has 0 aliphatic carbocycles. The molecule has 0 radical (unpaired) electrons. The van der Waals surface area contributed by atoms with Crippen LogP contribution in [-0.4, -0.2) is 51.3 Å². The third-order valence-corrected chi connectivity index (χ3v) is 4.28. The Bertz CT molecular complexity index is 284. The molecule has 1 aliphatic rings. The lowest BCUT2D eigenvalue weighted by atomic mass is 10.2. The molecule has 1 saturated heterocycles. The van der Waals surface area contributed by atoms with Gasteiger partial charge in [-0.3, -0.25) is 4.90 Å². The van der Waals surface area contributed by atoms with E-state index in [0.717, 1.165) is 19.5 Å². The standard InChI is InChI=1S/C9H21N3O2S.ClH/c1-2-15(13,14)11-5-7-12-6-3-4-9(12)8-10;/h9,11H,2-8,10H2,1H3;1H. The van der Waals surface area contributed by atoms with Crippen LogP contribution in [-0.2, 0) is 10.0 Å². The Labute approximate surface area is 104 Å². The summed E-state index contributed by atoms with van der Waals surface area (Å²) in [6.07, 6.45) is 2.30. The Morgan fingerprint density at radius 2 is 2.19 bits per heavy atom. The van der Waals surface area contributed by atoms with Gasteiger partial charge in [-0.1, -0.05) is 0 Å². The minimum atomic E-state index is -3.04. The average Bonchev–Trinajstić information content (AvgIpc) is 2.65. The van der Waals surface area contributed by atoms with E-state index in [2.05, 4.69) is 9.62 Å². The number of nitrogens with one attached hydrogen (secondary N) is 1. The average molecular weight is 272 g/mol. The molecule has 0 saturated carbocycles. The maximum Gasteiger partial charge on any atom is 0.211 e. The quantitative estimate of drug-likeness (QED) is 0.700. The van der Waals surface area contributed by atoms with Crippen LogP contribution in [0, 0.1) is 0 Å². The van der Waals surface area contributed by atoms with Crippen molar-refractivity contribution >= 4 is 22.4 Å². The predicted molar refractivity (Wildman–Crippen MR) is 68.4 cm³/mol. The molecule has 1 atom stereocenters. The molecule has 16 heavy (non-hydrogen) atoms. The summed E-state index contributed by atoms with van der Waals surface area (Å²) in [4.78, 5) is 2.26. The minimum Gasteiger partial charge on any atom is -0.329 e. The fraction of sp³-hybridized carbons (Fsp3) is 1.00. The van der Waals surface area contributed by atoms with Crippen molar-refractivity contribution in [1.82, 2.24) is 9.62 Å². The number of rotatable bonds is 6. The maximum absolute atomic E-state index is 11.2. The molecule has 98 valence electrons. The lowest BCUT2D eigenvalue weighted by molar-refractivity contribution is 0.263. The van der Waals surface area contributed by atoms with Crippen molar-refractivity contribution in [3.63, 3.8) is 0 Å². The minimum absolute atomic E-state index is 0. The largest absolute Gasteiger partial charge is 0.329 e. The van der Waals surface area contributed by atoms with E-state index in [1.165, 1.54) is 6.42 Å². The van der Waals surface area contributed by atoms with Crippen LogP contribution in [0.1, 0.15) is 19.8 Å². The summed E-state index contributed by atoms with van der Waals surface area (Å²) in [7, 11) is -3.04. The smallest absolute Gasteiger partial charge is 0.211 e. The molecular formula is C9H22ClN3O2S. The summed E-state index contributed by atoms with van der Waals surface area (Å²) in [6.45, 7) is 4.60. The van der Waals surface area contributed by atoms with E-state index in [9.17, 15) is 8.42 Å². The Morgan fingerprint density at radius 1 is 1.50 bits per heavy atom. The van der Waals surface area contributed by atoms with E-state index < -0.39 is 10.0 Å². The summed E-state index contributed by atoms with van der Waals surface area (Å²) in [5.41, 5.74) is 5.63. The monoisotopic (exact) mass is 271 g/mol. The topological polar surface area (TPSA) is 75.4 Å². The van der Waals surface area contributed by atoms with Crippen molar-refractivity contribution in [1.29, 1.82) is 0 Å². The second-order valence-corrected chi connectivity index (χ2v) is 5.96. The highest BCUT2D eigenvalue weighted by atomic mass is 35.5. The van der Waals surface area contributed by atoms with Crippen LogP contribution < -0.4 is 10.5 Å². The van der Waals surface area contributed by atoms with Gasteiger partial charge < -0.3 is 5.73 Å². The molecule has 0 spiro atoms. The van der Waals surface area contributed by atoms with Gasteiger partial charge in [-0.15, -0.1) is 12.4 Å². The first kappa shape index (κ1) is 16.1. The van der Waals surface area contributed by atoms with Gasteiger partial charge in [0, 0.05) is 25.7 Å². The molecule has 3 N–H and O–H groups in total. The van der Waals surface area contributed by atoms with Crippen LogP contribution in [0.4, 0.5) is 0 Å². The summed E-state index contributed by atoms with van der Waals surface area (Å²) in [5.74, 6) is 0.146. The normalized spacial score (nSPS) is 22.0. The third-order valence-electron chi connectivity index (χ3n) is 2.87. The van der Waals surface area contributed by atoms with Crippen molar-refractivity contribution in [3.8, 4) is 0 Å². The first-order chi connectivity index (χ1) is 7.09. The Balaban J connectivity index is 0.00000225. The Morgan fingerprint density at radius 3 is 2.75 bits per heavy atom. The molecule has 0 aromatic carbocycles. The van der Waals surface area contributed by atoms with Gasteiger partial charge in [-0.25, -0.2) is 13.1 Å². The second-order valence-electron chi connectivity index (χ2n) is 3.87. The molecule has 5 nitrogen and oxygen atoms in total. The SMILES string of the molecule is CCS(=O)(=O)NCCN1CCCC1CN.Cl. The van der Waals surface area contributed by atoms with Crippen molar-refractivity contribution < 1.29 is 8.42 Å². The lowest BCUT2D eigenvalue weighted by Gasteiger charge is -2.22. The number of hydrogen-bond acceptors (Lipinski definition) is 4. The van der Waals surface area contributed by atoms with Gasteiger partial charge in [0.1, 0.15) is 0 Å². The van der Waals surface area contributed by atoms with Gasteiger partial charge in [0.2, 0.25) is 10.0 Å². The first-order valence-corrected chi connectivity index (χ1v) is 7.15. The van der Waals surface area contributed by atoms with Gasteiger partial charge in [-0.05, 0) is 26.3 Å². The predicted octanol–water partition coefficient (Wildman–Crippen LogP) is -0.229. The van der Waals surface area contributed by atoms with Crippen molar-refractivity contribution in [2.45, 2.75) is 25.8 Å². The van der Waals surface area contributed by atoms with E-state index >= 15 is 0 Å². The number of nitrogens with two attached hydrogens (primary N) is 1. The van der Waals surface area contributed by atoms with Crippen LogP contribution in [0.3, 0.4) is 0 Å². The summed E-state index contributed by atoms with van der Waals surface area (Å²) >= 11 is 0. The molecule has 0 amide bonds. The molecule has 1 heterocycles. The van der Waals surface area contributed by atoms with Gasteiger partial charge >= 0.3 is 0 Å². The van der Waals surface area contributed by atoms with Crippen LogP contribution in [0.25, 0.3) is 0 Å². The fourth-order valence-corrected chi connectivity index (χ4v) is 2.51. The van der Waals surface area contributed by atoms with Gasteiger partial charge in [0.15, 0.2) is 0 Å². The van der Waals surface area contributed by atoms with Gasteiger partial charge in [-0.2, -0.15) is 0 Å². The van der Waals surface area contributed by atoms with E-state index in [4.69, 9.17) is 5.73 Å². The molecule has 0 aromatic rings. The number of halogens is 1. The molecule has 0 bridgehead atoms. The highest BCUT2D eigenvalue weighted by Gasteiger charge is 2.22. The third kappa shape index (κ3) is 4.97. The molecule has 1 rings (SSSR count). The number of nitrogens with zero attached hydrogens (tertiary/aromatic N) is 1. The van der Waals surface area contributed by atoms with Crippen LogP contribution >= 0.6 is 12.4 Å². The zero-order valence-corrected chi connectivity index (χ0v) is 11.3. The summed E-state index contributed by atoms with van der Waals surface area (Å²) in [5, 5.41) is 0. The molecule has 1 fully saturated rings. The van der Waals surface area contributed by atoms with Crippen LogP contribution in [0.5, 0.6) is 0 Å².